The van der Waals surface area contributed by atoms with Gasteiger partial charge < -0.3 is 15.5 Å². The third-order valence-corrected chi connectivity index (χ3v) is 5.74. The maximum atomic E-state index is 14.3. The van der Waals surface area contributed by atoms with Gasteiger partial charge in [-0.15, -0.1) is 11.3 Å². The Bertz CT molecular complexity index is 1020. The number of halogens is 2. The number of nitrogens with one attached hydrogen (secondary N) is 2. The summed E-state index contributed by atoms with van der Waals surface area (Å²) in [4.78, 5) is 27.3. The molecule has 0 aliphatic rings. The molecule has 0 aliphatic carbocycles. The first-order valence-electron chi connectivity index (χ1n) is 9.20. The Morgan fingerprint density at radius 1 is 1.10 bits per heavy atom. The Morgan fingerprint density at radius 2 is 1.87 bits per heavy atom. The van der Waals surface area contributed by atoms with Gasteiger partial charge in [0.15, 0.2) is 0 Å². The van der Waals surface area contributed by atoms with Gasteiger partial charge in [0.25, 0.3) is 11.8 Å². The third kappa shape index (κ3) is 5.24. The summed E-state index contributed by atoms with van der Waals surface area (Å²) in [6.07, 6.45) is 0. The first-order chi connectivity index (χ1) is 14.4. The average molecular weight is 446 g/mol. The van der Waals surface area contributed by atoms with Gasteiger partial charge in [0.1, 0.15) is 5.82 Å². The van der Waals surface area contributed by atoms with E-state index < -0.39 is 11.9 Å². The molecule has 156 valence electrons. The van der Waals surface area contributed by atoms with E-state index in [1.165, 1.54) is 17.4 Å². The highest BCUT2D eigenvalue weighted by Crippen LogP contribution is 2.28. The van der Waals surface area contributed by atoms with Gasteiger partial charge in [0, 0.05) is 28.4 Å². The van der Waals surface area contributed by atoms with E-state index in [1.54, 1.807) is 67.5 Å². The Labute approximate surface area is 183 Å². The fraction of sp³-hybridized carbons (Fsp3) is 0.182. The van der Waals surface area contributed by atoms with Gasteiger partial charge in [-0.2, -0.15) is 0 Å². The summed E-state index contributed by atoms with van der Waals surface area (Å²) in [5, 5.41) is 7.73. The van der Waals surface area contributed by atoms with Crippen molar-refractivity contribution in [3.63, 3.8) is 0 Å². The number of anilines is 1. The SMILES string of the molecule is CN(C)C(CNC(=O)c1cccc(NC(=O)c2cccs2)c1)c1c(F)cccc1Cl. The van der Waals surface area contributed by atoms with Crippen LogP contribution in [0.3, 0.4) is 0 Å². The predicted molar refractivity (Wildman–Crippen MR) is 119 cm³/mol. The maximum Gasteiger partial charge on any atom is 0.265 e. The number of likely N-dealkylation sites (N-methyl/N-ethyl adjacent to an activating group) is 1. The zero-order valence-electron chi connectivity index (χ0n) is 16.5. The molecule has 1 aromatic heterocycles. The molecular weight excluding hydrogens is 425 g/mol. The van der Waals surface area contributed by atoms with Gasteiger partial charge >= 0.3 is 0 Å². The monoisotopic (exact) mass is 445 g/mol. The molecule has 2 N–H and O–H groups in total. The van der Waals surface area contributed by atoms with Crippen LogP contribution in [0.2, 0.25) is 5.02 Å². The standard InChI is InChI=1S/C22H21ClFN3O2S/c1-27(2)18(20-16(23)8-4-9-17(20)24)13-25-21(28)14-6-3-7-15(12-14)26-22(29)19-10-5-11-30-19/h3-12,18H,13H2,1-2H3,(H,25,28)(H,26,29). The molecule has 30 heavy (non-hydrogen) atoms. The minimum atomic E-state index is -0.440. The number of amides is 2. The fourth-order valence-electron chi connectivity index (χ4n) is 3.00. The Kier molecular flexibility index (Phi) is 7.20. The van der Waals surface area contributed by atoms with Crippen molar-refractivity contribution in [1.82, 2.24) is 10.2 Å². The summed E-state index contributed by atoms with van der Waals surface area (Å²) >= 11 is 7.53. The van der Waals surface area contributed by atoms with E-state index in [9.17, 15) is 14.0 Å². The summed E-state index contributed by atoms with van der Waals surface area (Å²) in [6, 6.07) is 14.3. The van der Waals surface area contributed by atoms with Crippen molar-refractivity contribution in [3.05, 3.63) is 86.8 Å². The lowest BCUT2D eigenvalue weighted by atomic mass is 10.0. The van der Waals surface area contributed by atoms with Crippen LogP contribution in [0.4, 0.5) is 10.1 Å². The third-order valence-electron chi connectivity index (χ3n) is 4.54. The lowest BCUT2D eigenvalue weighted by molar-refractivity contribution is 0.0940. The average Bonchev–Trinajstić information content (AvgIpc) is 3.25. The van der Waals surface area contributed by atoms with Crippen molar-refractivity contribution in [2.24, 2.45) is 0 Å². The molecule has 3 rings (SSSR count). The molecule has 8 heteroatoms. The van der Waals surface area contributed by atoms with Crippen LogP contribution in [0.5, 0.6) is 0 Å². The van der Waals surface area contributed by atoms with Gasteiger partial charge in [-0.1, -0.05) is 29.8 Å². The molecule has 1 unspecified atom stereocenters. The van der Waals surface area contributed by atoms with E-state index in [-0.39, 0.29) is 18.4 Å². The molecule has 0 aliphatic heterocycles. The Balaban J connectivity index is 1.70. The van der Waals surface area contributed by atoms with E-state index >= 15 is 0 Å². The van der Waals surface area contributed by atoms with E-state index in [1.807, 2.05) is 5.38 Å². The molecule has 0 saturated carbocycles. The van der Waals surface area contributed by atoms with Gasteiger partial charge in [-0.05, 0) is 55.9 Å². The summed E-state index contributed by atoms with van der Waals surface area (Å²) in [6.45, 7) is 0.165. The number of carbonyl (C=O) groups is 2. The van der Waals surface area contributed by atoms with Crippen LogP contribution in [0, 0.1) is 5.82 Å². The van der Waals surface area contributed by atoms with Crippen molar-refractivity contribution in [2.45, 2.75) is 6.04 Å². The Hall–Kier alpha value is -2.74. The number of carbonyl (C=O) groups excluding carboxylic acids is 2. The summed E-state index contributed by atoms with van der Waals surface area (Å²) in [5.41, 5.74) is 1.24. The van der Waals surface area contributed by atoms with Crippen LogP contribution in [0.1, 0.15) is 31.6 Å². The first kappa shape index (κ1) is 22.0. The Morgan fingerprint density at radius 3 is 2.53 bits per heavy atom. The topological polar surface area (TPSA) is 61.4 Å². The molecule has 1 heterocycles. The van der Waals surface area contributed by atoms with Crippen LogP contribution < -0.4 is 10.6 Å². The number of benzene rings is 2. The second-order valence-corrected chi connectivity index (χ2v) is 8.19. The molecule has 1 atom stereocenters. The van der Waals surface area contributed by atoms with Gasteiger partial charge in [0.05, 0.1) is 10.9 Å². The zero-order valence-corrected chi connectivity index (χ0v) is 18.1. The van der Waals surface area contributed by atoms with Gasteiger partial charge in [0.2, 0.25) is 0 Å². The fourth-order valence-corrected chi connectivity index (χ4v) is 3.91. The minimum absolute atomic E-state index is 0.165. The van der Waals surface area contributed by atoms with E-state index in [0.29, 0.717) is 26.7 Å². The number of hydrogen-bond donors (Lipinski definition) is 2. The largest absolute Gasteiger partial charge is 0.350 e. The minimum Gasteiger partial charge on any atom is -0.350 e. The molecule has 0 fully saturated rings. The molecule has 2 amide bonds. The van der Waals surface area contributed by atoms with Crippen molar-refractivity contribution >= 4 is 40.4 Å². The normalized spacial score (nSPS) is 11.9. The smallest absolute Gasteiger partial charge is 0.265 e. The predicted octanol–water partition coefficient (Wildman–Crippen LogP) is 4.83. The zero-order chi connectivity index (χ0) is 21.7. The molecule has 5 nitrogen and oxygen atoms in total. The number of rotatable bonds is 7. The molecule has 0 saturated heterocycles. The number of hydrogen-bond acceptors (Lipinski definition) is 4. The van der Waals surface area contributed by atoms with Crippen molar-refractivity contribution < 1.29 is 14.0 Å². The number of nitrogens with zero attached hydrogens (tertiary/aromatic N) is 1. The summed E-state index contributed by atoms with van der Waals surface area (Å²) < 4.78 is 14.3. The first-order valence-corrected chi connectivity index (χ1v) is 10.5. The van der Waals surface area contributed by atoms with Crippen LogP contribution in [-0.2, 0) is 0 Å². The lowest BCUT2D eigenvalue weighted by Gasteiger charge is -2.26. The number of thiophene rings is 1. The van der Waals surface area contributed by atoms with Crippen molar-refractivity contribution in [2.75, 3.05) is 26.0 Å². The second-order valence-electron chi connectivity index (χ2n) is 6.84. The summed E-state index contributed by atoms with van der Waals surface area (Å²) in [7, 11) is 3.58. The molecule has 2 aromatic carbocycles. The van der Waals surface area contributed by atoms with Crippen molar-refractivity contribution in [1.29, 1.82) is 0 Å². The van der Waals surface area contributed by atoms with Crippen LogP contribution in [-0.4, -0.2) is 37.4 Å². The highest BCUT2D eigenvalue weighted by molar-refractivity contribution is 7.12. The molecule has 0 radical (unpaired) electrons. The second kappa shape index (κ2) is 9.84. The molecule has 0 bridgehead atoms. The van der Waals surface area contributed by atoms with E-state index in [4.69, 9.17) is 11.6 Å². The van der Waals surface area contributed by atoms with Crippen LogP contribution in [0.15, 0.2) is 60.0 Å². The van der Waals surface area contributed by atoms with Crippen LogP contribution >= 0.6 is 22.9 Å². The van der Waals surface area contributed by atoms with E-state index in [2.05, 4.69) is 10.6 Å². The van der Waals surface area contributed by atoms with Gasteiger partial charge in [-0.3, -0.25) is 9.59 Å². The van der Waals surface area contributed by atoms with Crippen molar-refractivity contribution in [3.8, 4) is 0 Å². The molecular formula is C22H21ClFN3O2S. The summed E-state index contributed by atoms with van der Waals surface area (Å²) in [5.74, 6) is -0.986. The van der Waals surface area contributed by atoms with Gasteiger partial charge in [-0.25, -0.2) is 4.39 Å². The van der Waals surface area contributed by atoms with Crippen LogP contribution in [0.25, 0.3) is 0 Å². The highest BCUT2D eigenvalue weighted by atomic mass is 35.5. The lowest BCUT2D eigenvalue weighted by Crippen LogP contribution is -2.35. The molecule has 3 aromatic rings. The van der Waals surface area contributed by atoms with E-state index in [0.717, 1.165) is 0 Å². The quantitative estimate of drug-likeness (QED) is 0.547. The molecule has 0 spiro atoms. The maximum absolute atomic E-state index is 14.3. The highest BCUT2D eigenvalue weighted by Gasteiger charge is 2.22.